The van der Waals surface area contributed by atoms with Gasteiger partial charge >= 0.3 is 0 Å². The molecule has 1 aliphatic rings. The van der Waals surface area contributed by atoms with Crippen LogP contribution in [0.5, 0.6) is 0 Å². The van der Waals surface area contributed by atoms with E-state index in [1.54, 1.807) is 12.1 Å². The van der Waals surface area contributed by atoms with Crippen LogP contribution in [-0.2, 0) is 0 Å². The normalized spacial score (nSPS) is 14.4. The van der Waals surface area contributed by atoms with E-state index in [-0.39, 0.29) is 5.82 Å². The topological polar surface area (TPSA) is 45.5 Å². The fraction of sp³-hybridized carbons (Fsp3) is 0.280. The minimum atomic E-state index is -0.252. The zero-order valence-corrected chi connectivity index (χ0v) is 17.5. The highest BCUT2D eigenvalue weighted by atomic mass is 19.1. The molecule has 0 aliphatic carbocycles. The van der Waals surface area contributed by atoms with E-state index < -0.39 is 0 Å². The van der Waals surface area contributed by atoms with Gasteiger partial charge in [0.25, 0.3) is 0 Å². The Bertz CT molecular complexity index is 1150. The minimum Gasteiger partial charge on any atom is -0.370 e. The van der Waals surface area contributed by atoms with E-state index in [0.29, 0.717) is 0 Å². The summed E-state index contributed by atoms with van der Waals surface area (Å²) in [6.07, 6.45) is 3.72. The number of nitrogens with one attached hydrogen (secondary N) is 1. The lowest BCUT2D eigenvalue weighted by Crippen LogP contribution is -2.22. The van der Waals surface area contributed by atoms with Crippen LogP contribution in [0, 0.1) is 5.82 Å². The Balaban J connectivity index is 1.45. The largest absolute Gasteiger partial charge is 0.370 e. The Morgan fingerprint density at radius 1 is 0.871 bits per heavy atom. The summed E-state index contributed by atoms with van der Waals surface area (Å²) in [5, 5.41) is 8.33. The van der Waals surface area contributed by atoms with Crippen LogP contribution in [0.3, 0.4) is 0 Å². The van der Waals surface area contributed by atoms with E-state index >= 15 is 0 Å². The van der Waals surface area contributed by atoms with Crippen LogP contribution in [0.2, 0.25) is 0 Å². The van der Waals surface area contributed by atoms with Gasteiger partial charge in [0.2, 0.25) is 0 Å². The summed E-state index contributed by atoms with van der Waals surface area (Å²) >= 11 is 0. The molecule has 1 fully saturated rings. The second kappa shape index (κ2) is 8.86. The van der Waals surface area contributed by atoms with Crippen molar-refractivity contribution in [1.82, 2.24) is 19.5 Å². The molecule has 0 bridgehead atoms. The zero-order valence-electron chi connectivity index (χ0n) is 17.5. The van der Waals surface area contributed by atoms with Crippen LogP contribution < -0.4 is 5.32 Å². The van der Waals surface area contributed by atoms with Gasteiger partial charge in [0.15, 0.2) is 5.65 Å². The molecule has 5 rings (SSSR count). The molecule has 4 aromatic rings. The van der Waals surface area contributed by atoms with Gasteiger partial charge in [-0.1, -0.05) is 30.3 Å². The average molecular weight is 416 g/mol. The third-order valence-electron chi connectivity index (χ3n) is 5.79. The van der Waals surface area contributed by atoms with Crippen LogP contribution in [-0.4, -0.2) is 45.7 Å². The number of aromatic nitrogens is 3. The summed E-state index contributed by atoms with van der Waals surface area (Å²) < 4.78 is 15.2. The van der Waals surface area contributed by atoms with Gasteiger partial charge in [-0.15, -0.1) is 0 Å². The Morgan fingerprint density at radius 3 is 2.39 bits per heavy atom. The third-order valence-corrected chi connectivity index (χ3v) is 5.79. The van der Waals surface area contributed by atoms with Crippen molar-refractivity contribution in [2.75, 3.05) is 31.5 Å². The minimum absolute atomic E-state index is 0.252. The number of fused-ring (bicyclic) bond motifs is 1. The Labute approximate surface area is 181 Å². The number of rotatable bonds is 7. The SMILES string of the molecule is Fc1ccc(-c2cc3nc(-c4ccccc4)cc(NCCCN4CCCC4)n3n2)cc1. The second-order valence-electron chi connectivity index (χ2n) is 8.03. The molecule has 6 heteroatoms. The smallest absolute Gasteiger partial charge is 0.158 e. The van der Waals surface area contributed by atoms with Gasteiger partial charge in [0, 0.05) is 29.8 Å². The van der Waals surface area contributed by atoms with Gasteiger partial charge < -0.3 is 10.2 Å². The van der Waals surface area contributed by atoms with Gasteiger partial charge in [0.1, 0.15) is 11.6 Å². The van der Waals surface area contributed by atoms with Crippen LogP contribution in [0.4, 0.5) is 10.2 Å². The number of halogens is 1. The lowest BCUT2D eigenvalue weighted by Gasteiger charge is -2.15. The maximum atomic E-state index is 13.3. The summed E-state index contributed by atoms with van der Waals surface area (Å²) in [6, 6.07) is 20.6. The second-order valence-corrected chi connectivity index (χ2v) is 8.03. The van der Waals surface area contributed by atoms with E-state index in [9.17, 15) is 4.39 Å². The van der Waals surface area contributed by atoms with E-state index in [0.717, 1.165) is 53.5 Å². The number of hydrogen-bond acceptors (Lipinski definition) is 4. The van der Waals surface area contributed by atoms with Crippen LogP contribution in [0.1, 0.15) is 19.3 Å². The van der Waals surface area contributed by atoms with Gasteiger partial charge in [-0.05, 0) is 63.2 Å². The Kier molecular flexibility index (Phi) is 5.63. The molecule has 2 aromatic heterocycles. The molecule has 0 unspecified atom stereocenters. The third kappa shape index (κ3) is 4.44. The highest BCUT2D eigenvalue weighted by molar-refractivity contribution is 5.70. The van der Waals surface area contributed by atoms with Crippen molar-refractivity contribution in [3.8, 4) is 22.5 Å². The number of benzene rings is 2. The molecule has 0 spiro atoms. The quantitative estimate of drug-likeness (QED) is 0.427. The van der Waals surface area contributed by atoms with Crippen molar-refractivity contribution < 1.29 is 4.39 Å². The first-order valence-corrected chi connectivity index (χ1v) is 10.9. The predicted octanol–water partition coefficient (Wildman–Crippen LogP) is 5.10. The van der Waals surface area contributed by atoms with Crippen molar-refractivity contribution in [3.63, 3.8) is 0 Å². The number of likely N-dealkylation sites (tertiary alicyclic amines) is 1. The molecule has 1 saturated heterocycles. The monoisotopic (exact) mass is 415 g/mol. The maximum absolute atomic E-state index is 13.3. The molecule has 1 N–H and O–H groups in total. The highest BCUT2D eigenvalue weighted by Gasteiger charge is 2.13. The van der Waals surface area contributed by atoms with E-state index in [4.69, 9.17) is 10.1 Å². The molecule has 5 nitrogen and oxygen atoms in total. The molecule has 0 saturated carbocycles. The first-order valence-electron chi connectivity index (χ1n) is 10.9. The molecule has 0 atom stereocenters. The fourth-order valence-corrected chi connectivity index (χ4v) is 4.14. The van der Waals surface area contributed by atoms with Crippen molar-refractivity contribution >= 4 is 11.5 Å². The van der Waals surface area contributed by atoms with Crippen LogP contribution in [0.15, 0.2) is 66.7 Å². The molecular weight excluding hydrogens is 389 g/mol. The van der Waals surface area contributed by atoms with E-state index in [1.165, 1.54) is 38.1 Å². The summed E-state index contributed by atoms with van der Waals surface area (Å²) in [5.74, 6) is 0.663. The molecule has 2 aromatic carbocycles. The summed E-state index contributed by atoms with van der Waals surface area (Å²) in [4.78, 5) is 7.37. The van der Waals surface area contributed by atoms with Crippen LogP contribution >= 0.6 is 0 Å². The molecular formula is C25H26FN5. The van der Waals surface area contributed by atoms with Crippen molar-refractivity contribution in [2.45, 2.75) is 19.3 Å². The number of hydrogen-bond donors (Lipinski definition) is 1. The zero-order chi connectivity index (χ0) is 21.0. The van der Waals surface area contributed by atoms with Gasteiger partial charge in [-0.25, -0.2) is 9.37 Å². The number of nitrogens with zero attached hydrogens (tertiary/aromatic N) is 4. The summed E-state index contributed by atoms with van der Waals surface area (Å²) in [7, 11) is 0. The van der Waals surface area contributed by atoms with E-state index in [2.05, 4.69) is 28.4 Å². The fourth-order valence-electron chi connectivity index (χ4n) is 4.14. The summed E-state index contributed by atoms with van der Waals surface area (Å²) in [5.41, 5.74) is 4.38. The molecule has 1 aliphatic heterocycles. The highest BCUT2D eigenvalue weighted by Crippen LogP contribution is 2.26. The first-order chi connectivity index (χ1) is 15.3. The first kappa shape index (κ1) is 19.7. The average Bonchev–Trinajstić information content (AvgIpc) is 3.47. The van der Waals surface area contributed by atoms with Crippen molar-refractivity contribution in [3.05, 3.63) is 72.5 Å². The Morgan fingerprint density at radius 2 is 1.61 bits per heavy atom. The predicted molar refractivity (Wildman–Crippen MR) is 123 cm³/mol. The van der Waals surface area contributed by atoms with Gasteiger partial charge in [0.05, 0.1) is 11.4 Å². The van der Waals surface area contributed by atoms with Crippen molar-refractivity contribution in [1.29, 1.82) is 0 Å². The van der Waals surface area contributed by atoms with Crippen molar-refractivity contribution in [2.24, 2.45) is 0 Å². The lowest BCUT2D eigenvalue weighted by atomic mass is 10.1. The van der Waals surface area contributed by atoms with E-state index in [1.807, 2.05) is 28.8 Å². The molecule has 158 valence electrons. The van der Waals surface area contributed by atoms with Crippen LogP contribution in [0.25, 0.3) is 28.2 Å². The van der Waals surface area contributed by atoms with Gasteiger partial charge in [-0.3, -0.25) is 0 Å². The molecule has 3 heterocycles. The standard InChI is InChI=1S/C25H26FN5/c26-21-11-9-20(10-12-21)23-18-25-28-22(19-7-2-1-3-8-19)17-24(31(25)29-23)27-13-6-16-30-14-4-5-15-30/h1-3,7-12,17-18,27H,4-6,13-16H2. The summed E-state index contributed by atoms with van der Waals surface area (Å²) in [6.45, 7) is 4.43. The Hall–Kier alpha value is -3.25. The molecule has 31 heavy (non-hydrogen) atoms. The maximum Gasteiger partial charge on any atom is 0.158 e. The molecule has 0 radical (unpaired) electrons. The molecule has 0 amide bonds. The number of anilines is 1. The van der Waals surface area contributed by atoms with Gasteiger partial charge in [-0.2, -0.15) is 9.61 Å². The lowest BCUT2D eigenvalue weighted by molar-refractivity contribution is 0.337.